The van der Waals surface area contributed by atoms with Gasteiger partial charge in [-0.3, -0.25) is 14.8 Å². The van der Waals surface area contributed by atoms with Crippen molar-refractivity contribution in [2.45, 2.75) is 26.2 Å². The van der Waals surface area contributed by atoms with Crippen molar-refractivity contribution in [3.8, 4) is 11.6 Å². The number of rotatable bonds is 3. The largest absolute Gasteiger partial charge is 0.493 e. The first-order chi connectivity index (χ1) is 11.6. The first-order valence-corrected chi connectivity index (χ1v) is 8.01. The minimum atomic E-state index is -0.679. The highest BCUT2D eigenvalue weighted by Gasteiger charge is 2.16. The third-order valence-corrected chi connectivity index (χ3v) is 4.16. The Morgan fingerprint density at radius 3 is 2.58 bits per heavy atom. The van der Waals surface area contributed by atoms with Gasteiger partial charge < -0.3 is 5.11 Å². The molecule has 0 amide bonds. The molecule has 0 saturated carbocycles. The lowest BCUT2D eigenvalue weighted by atomic mass is 10.2. The zero-order valence-electron chi connectivity index (χ0n) is 13.5. The second-order valence-corrected chi connectivity index (χ2v) is 5.88. The molecule has 126 valence electrons. The number of benzene rings is 1. The Morgan fingerprint density at radius 1 is 1.17 bits per heavy atom. The molecule has 7 heteroatoms. The van der Waals surface area contributed by atoms with E-state index in [4.69, 9.17) is 0 Å². The molecule has 1 fully saturated rings. The Bertz CT molecular complexity index is 876. The van der Waals surface area contributed by atoms with Crippen molar-refractivity contribution in [3.05, 3.63) is 56.2 Å². The third kappa shape index (κ3) is 3.10. The molecule has 2 heterocycles. The van der Waals surface area contributed by atoms with E-state index in [9.17, 15) is 14.7 Å². The van der Waals surface area contributed by atoms with Crippen LogP contribution in [-0.4, -0.2) is 39.0 Å². The van der Waals surface area contributed by atoms with Gasteiger partial charge in [-0.25, -0.2) is 9.36 Å². The summed E-state index contributed by atoms with van der Waals surface area (Å²) in [5.74, 6) is -0.404. The Hall–Kier alpha value is -2.83. The number of hydrogen-bond acceptors (Lipinski definition) is 5. The summed E-state index contributed by atoms with van der Waals surface area (Å²) in [6, 6.07) is 7.14. The molecule has 1 saturated heterocycles. The van der Waals surface area contributed by atoms with Crippen molar-refractivity contribution in [2.24, 2.45) is 5.10 Å². The van der Waals surface area contributed by atoms with Crippen LogP contribution in [0.25, 0.3) is 5.69 Å². The minimum Gasteiger partial charge on any atom is -0.493 e. The van der Waals surface area contributed by atoms with Gasteiger partial charge in [0.15, 0.2) is 0 Å². The molecule has 0 aliphatic carbocycles. The number of aromatic hydroxyl groups is 1. The average Bonchev–Trinajstić information content (AvgIpc) is 2.57. The van der Waals surface area contributed by atoms with E-state index in [0.717, 1.165) is 36.1 Å². The molecule has 3 rings (SSSR count). The van der Waals surface area contributed by atoms with E-state index in [1.165, 1.54) is 12.6 Å². The van der Waals surface area contributed by atoms with Gasteiger partial charge in [-0.15, -0.1) is 0 Å². The van der Waals surface area contributed by atoms with Gasteiger partial charge in [0.1, 0.15) is 5.56 Å². The smallest absolute Gasteiger partial charge is 0.335 e. The molecule has 7 nitrogen and oxygen atoms in total. The van der Waals surface area contributed by atoms with Gasteiger partial charge in [-0.2, -0.15) is 5.10 Å². The predicted octanol–water partition coefficient (Wildman–Crippen LogP) is 1.36. The maximum absolute atomic E-state index is 12.2. The summed E-state index contributed by atoms with van der Waals surface area (Å²) in [4.78, 5) is 26.5. The molecule has 1 aliphatic heterocycles. The molecule has 1 aliphatic rings. The maximum atomic E-state index is 12.2. The van der Waals surface area contributed by atoms with Crippen molar-refractivity contribution in [1.29, 1.82) is 0 Å². The lowest BCUT2D eigenvalue weighted by Gasteiger charge is -2.23. The molecular weight excluding hydrogens is 308 g/mol. The summed E-state index contributed by atoms with van der Waals surface area (Å²) in [5.41, 5.74) is -0.0295. The van der Waals surface area contributed by atoms with E-state index < -0.39 is 17.1 Å². The van der Waals surface area contributed by atoms with Crippen molar-refractivity contribution in [1.82, 2.24) is 14.6 Å². The summed E-state index contributed by atoms with van der Waals surface area (Å²) < 4.78 is 1.09. The van der Waals surface area contributed by atoms with Crippen LogP contribution >= 0.6 is 0 Å². The maximum Gasteiger partial charge on any atom is 0.335 e. The fraction of sp³-hybridized carbons (Fsp3) is 0.353. The molecule has 0 atom stereocenters. The highest BCUT2D eigenvalue weighted by molar-refractivity contribution is 5.82. The molecule has 24 heavy (non-hydrogen) atoms. The summed E-state index contributed by atoms with van der Waals surface area (Å²) >= 11 is 0. The summed E-state index contributed by atoms with van der Waals surface area (Å²) in [6.07, 6.45) is 4.62. The molecule has 1 aromatic carbocycles. The molecular formula is C17H20N4O3. The Morgan fingerprint density at radius 2 is 1.88 bits per heavy atom. The van der Waals surface area contributed by atoms with Crippen LogP contribution in [-0.2, 0) is 0 Å². The Kier molecular flexibility index (Phi) is 4.50. The van der Waals surface area contributed by atoms with Crippen LogP contribution in [0.4, 0.5) is 0 Å². The fourth-order valence-corrected chi connectivity index (χ4v) is 2.82. The summed E-state index contributed by atoms with van der Waals surface area (Å²) in [7, 11) is 0. The number of H-pyrrole nitrogens is 1. The zero-order valence-corrected chi connectivity index (χ0v) is 13.5. The lowest BCUT2D eigenvalue weighted by Crippen LogP contribution is -2.32. The number of hydrogen-bond donors (Lipinski definition) is 2. The second-order valence-electron chi connectivity index (χ2n) is 5.88. The van der Waals surface area contributed by atoms with Gasteiger partial charge in [0, 0.05) is 13.1 Å². The molecule has 0 unspecified atom stereocenters. The van der Waals surface area contributed by atoms with Crippen LogP contribution in [0.1, 0.15) is 30.4 Å². The molecule has 2 aromatic rings. The first kappa shape index (κ1) is 16.0. The van der Waals surface area contributed by atoms with Crippen LogP contribution in [0.2, 0.25) is 0 Å². The molecule has 0 spiro atoms. The van der Waals surface area contributed by atoms with Gasteiger partial charge in [0.25, 0.3) is 5.56 Å². The monoisotopic (exact) mass is 328 g/mol. The molecule has 0 radical (unpaired) electrons. The van der Waals surface area contributed by atoms with E-state index >= 15 is 0 Å². The van der Waals surface area contributed by atoms with Gasteiger partial charge >= 0.3 is 5.69 Å². The third-order valence-electron chi connectivity index (χ3n) is 4.16. The number of hydrazone groups is 1. The van der Waals surface area contributed by atoms with Crippen LogP contribution in [0, 0.1) is 6.92 Å². The number of aromatic amines is 1. The van der Waals surface area contributed by atoms with E-state index in [-0.39, 0.29) is 5.56 Å². The van der Waals surface area contributed by atoms with Crippen LogP contribution in [0.15, 0.2) is 39.0 Å². The summed E-state index contributed by atoms with van der Waals surface area (Å²) in [5, 5.41) is 16.6. The average molecular weight is 328 g/mol. The van der Waals surface area contributed by atoms with Gasteiger partial charge in [0.05, 0.1) is 11.9 Å². The molecule has 0 bridgehead atoms. The predicted molar refractivity (Wildman–Crippen MR) is 92.1 cm³/mol. The van der Waals surface area contributed by atoms with Gasteiger partial charge in [0.2, 0.25) is 5.88 Å². The van der Waals surface area contributed by atoms with Crippen LogP contribution < -0.4 is 11.2 Å². The Labute approximate surface area is 138 Å². The van der Waals surface area contributed by atoms with Crippen LogP contribution in [0.5, 0.6) is 5.88 Å². The lowest BCUT2D eigenvalue weighted by molar-refractivity contribution is 0.240. The highest BCUT2D eigenvalue weighted by Crippen LogP contribution is 2.18. The number of piperidine rings is 1. The number of aromatic nitrogens is 2. The molecule has 1 aromatic heterocycles. The van der Waals surface area contributed by atoms with Crippen LogP contribution in [0.3, 0.4) is 0 Å². The minimum absolute atomic E-state index is 0.0246. The van der Waals surface area contributed by atoms with E-state index in [1.807, 2.05) is 24.1 Å². The quantitative estimate of drug-likeness (QED) is 0.832. The topological polar surface area (TPSA) is 90.7 Å². The van der Waals surface area contributed by atoms with Crippen molar-refractivity contribution in [2.75, 3.05) is 13.1 Å². The number of nitrogens with one attached hydrogen (secondary N) is 1. The van der Waals surface area contributed by atoms with Gasteiger partial charge in [-0.05, 0) is 37.8 Å². The van der Waals surface area contributed by atoms with Gasteiger partial charge in [-0.1, -0.05) is 18.2 Å². The number of aryl methyl sites for hydroxylation is 1. The first-order valence-electron chi connectivity index (χ1n) is 8.01. The van der Waals surface area contributed by atoms with Crippen molar-refractivity contribution in [3.63, 3.8) is 0 Å². The standard InChI is InChI=1S/C17H20N4O3/c1-12-7-3-4-8-14(12)21-16(23)13(15(22)19-17(21)24)11-18-20-9-5-2-6-10-20/h3-4,7-8,11,23H,2,5-6,9-10H2,1H3,(H,19,22,24). The van der Waals surface area contributed by atoms with E-state index in [0.29, 0.717) is 5.69 Å². The van der Waals surface area contributed by atoms with E-state index in [1.54, 1.807) is 12.1 Å². The SMILES string of the molecule is Cc1ccccc1-n1c(O)c(C=NN2CCCCC2)c(=O)[nH]c1=O. The zero-order chi connectivity index (χ0) is 17.1. The van der Waals surface area contributed by atoms with Crippen molar-refractivity contribution >= 4 is 6.21 Å². The Balaban J connectivity index is 2.06. The second kappa shape index (κ2) is 6.74. The number of para-hydroxylation sites is 1. The van der Waals surface area contributed by atoms with E-state index in [2.05, 4.69) is 10.1 Å². The molecule has 2 N–H and O–H groups in total. The van der Waals surface area contributed by atoms with Crippen molar-refractivity contribution < 1.29 is 5.11 Å². The fourth-order valence-electron chi connectivity index (χ4n) is 2.82. The normalized spacial score (nSPS) is 15.1. The number of nitrogens with zero attached hydrogens (tertiary/aromatic N) is 3. The summed E-state index contributed by atoms with van der Waals surface area (Å²) in [6.45, 7) is 3.48. The highest BCUT2D eigenvalue weighted by atomic mass is 16.3.